The molecular formula is C20H35NO18S. The number of rotatable bonds is 9. The predicted octanol–water partition coefficient (Wildman–Crippen LogP) is -6.57. The third-order valence-corrected chi connectivity index (χ3v) is 7.13. The molecule has 40 heavy (non-hydrogen) atoms. The predicted molar refractivity (Wildman–Crippen MR) is 122 cm³/mol. The van der Waals surface area contributed by atoms with Crippen LogP contribution in [0.2, 0.25) is 0 Å². The van der Waals surface area contributed by atoms with Crippen LogP contribution in [0.5, 0.6) is 0 Å². The minimum Gasteiger partial charge on any atom is -0.394 e. The Balaban J connectivity index is 1.81. The highest BCUT2D eigenvalue weighted by Crippen LogP contribution is 2.33. The van der Waals surface area contributed by atoms with Crippen molar-refractivity contribution in [2.45, 2.75) is 106 Å². The zero-order chi connectivity index (χ0) is 30.1. The molecule has 15 atom stereocenters. The second-order valence-electron chi connectivity index (χ2n) is 9.55. The van der Waals surface area contributed by atoms with Crippen LogP contribution < -0.4 is 5.32 Å². The fourth-order valence-corrected chi connectivity index (χ4v) is 5.15. The molecule has 3 aliphatic heterocycles. The van der Waals surface area contributed by atoms with Crippen molar-refractivity contribution in [1.29, 1.82) is 0 Å². The highest BCUT2D eigenvalue weighted by Gasteiger charge is 2.54. The first-order chi connectivity index (χ1) is 18.6. The van der Waals surface area contributed by atoms with Gasteiger partial charge >= 0.3 is 10.4 Å². The largest absolute Gasteiger partial charge is 0.397 e. The summed E-state index contributed by atoms with van der Waals surface area (Å²) in [5.74, 6) is -0.638. The van der Waals surface area contributed by atoms with Gasteiger partial charge in [0.05, 0.1) is 19.3 Å². The SMILES string of the molecule is CC(=O)N[C@@H]1[C@@H](O)[C@H](O[C@@H]2O[C@H](C)[C@H](O)[C@H](O[C@H]3O[C@H](CO)[C@H](O)[C@H](OS(=O)(=O)O)[C@H]3O)[C@H]2O)[C@@H](CO)O[C@H]1O. The second kappa shape index (κ2) is 13.4. The third-order valence-electron chi connectivity index (χ3n) is 6.66. The normalized spacial score (nSPS) is 46.6. The molecule has 3 aliphatic rings. The van der Waals surface area contributed by atoms with Crippen molar-refractivity contribution in [3.05, 3.63) is 0 Å². The van der Waals surface area contributed by atoms with Gasteiger partial charge in [0, 0.05) is 6.92 Å². The van der Waals surface area contributed by atoms with Gasteiger partial charge in [0.15, 0.2) is 18.9 Å². The van der Waals surface area contributed by atoms with Crippen LogP contribution in [0.15, 0.2) is 0 Å². The van der Waals surface area contributed by atoms with E-state index >= 15 is 0 Å². The molecule has 19 nitrogen and oxygen atoms in total. The van der Waals surface area contributed by atoms with Gasteiger partial charge in [-0.05, 0) is 6.92 Å². The lowest BCUT2D eigenvalue weighted by Crippen LogP contribution is -2.67. The highest BCUT2D eigenvalue weighted by molar-refractivity contribution is 7.80. The number of carbonyl (C=O) groups excluding carboxylic acids is 1. The van der Waals surface area contributed by atoms with Crippen molar-refractivity contribution in [1.82, 2.24) is 5.32 Å². The Morgan fingerprint density at radius 1 is 0.775 bits per heavy atom. The molecule has 0 unspecified atom stereocenters. The van der Waals surface area contributed by atoms with Crippen LogP contribution in [-0.2, 0) is 43.1 Å². The monoisotopic (exact) mass is 609 g/mol. The lowest BCUT2D eigenvalue weighted by molar-refractivity contribution is -0.371. The molecule has 20 heteroatoms. The number of carbonyl (C=O) groups is 1. The van der Waals surface area contributed by atoms with Crippen LogP contribution >= 0.6 is 0 Å². The van der Waals surface area contributed by atoms with Crippen molar-refractivity contribution in [2.24, 2.45) is 0 Å². The summed E-state index contributed by atoms with van der Waals surface area (Å²) in [5, 5.41) is 84.6. The molecule has 0 aliphatic carbocycles. The number of nitrogens with one attached hydrogen (secondary N) is 1. The van der Waals surface area contributed by atoms with E-state index in [2.05, 4.69) is 9.50 Å². The van der Waals surface area contributed by atoms with E-state index in [1.165, 1.54) is 6.92 Å². The molecule has 10 N–H and O–H groups in total. The first kappa shape index (κ1) is 33.3. The molecule has 3 rings (SSSR count). The van der Waals surface area contributed by atoms with Crippen LogP contribution in [0.4, 0.5) is 0 Å². The molecular weight excluding hydrogens is 574 g/mol. The molecule has 234 valence electrons. The zero-order valence-corrected chi connectivity index (χ0v) is 22.0. The number of amides is 1. The van der Waals surface area contributed by atoms with Gasteiger partial charge in [-0.1, -0.05) is 0 Å². The smallest absolute Gasteiger partial charge is 0.394 e. The zero-order valence-electron chi connectivity index (χ0n) is 21.2. The first-order valence-corrected chi connectivity index (χ1v) is 13.5. The van der Waals surface area contributed by atoms with Gasteiger partial charge in [0.2, 0.25) is 5.91 Å². The molecule has 0 aromatic rings. The average Bonchev–Trinajstić information content (AvgIpc) is 2.87. The molecule has 0 radical (unpaired) electrons. The maximum atomic E-state index is 11.5. The van der Waals surface area contributed by atoms with Crippen molar-refractivity contribution < 1.29 is 86.5 Å². The summed E-state index contributed by atoms with van der Waals surface area (Å²) in [4.78, 5) is 11.5. The van der Waals surface area contributed by atoms with E-state index in [1.807, 2.05) is 0 Å². The Morgan fingerprint density at radius 2 is 1.32 bits per heavy atom. The number of aliphatic hydroxyl groups excluding tert-OH is 8. The van der Waals surface area contributed by atoms with Gasteiger partial charge in [0.1, 0.15) is 67.1 Å². The van der Waals surface area contributed by atoms with E-state index in [4.69, 9.17) is 28.2 Å². The van der Waals surface area contributed by atoms with Gasteiger partial charge in [0.25, 0.3) is 0 Å². The Morgan fingerprint density at radius 3 is 1.88 bits per heavy atom. The molecule has 0 aromatic heterocycles. The molecule has 0 saturated carbocycles. The van der Waals surface area contributed by atoms with Gasteiger partial charge in [-0.15, -0.1) is 0 Å². The molecule has 1 amide bonds. The van der Waals surface area contributed by atoms with Crippen molar-refractivity contribution in [3.63, 3.8) is 0 Å². The average molecular weight is 610 g/mol. The maximum absolute atomic E-state index is 11.5. The minimum atomic E-state index is -5.21. The number of ether oxygens (including phenoxy) is 5. The summed E-state index contributed by atoms with van der Waals surface area (Å²) in [7, 11) is -5.21. The van der Waals surface area contributed by atoms with E-state index in [-0.39, 0.29) is 0 Å². The van der Waals surface area contributed by atoms with Crippen molar-refractivity contribution in [3.8, 4) is 0 Å². The molecule has 0 spiro atoms. The van der Waals surface area contributed by atoms with Crippen molar-refractivity contribution >= 4 is 16.3 Å². The standard InChI is InChI=1S/C20H35NO18S/c1-5-10(25)16(38-20-14(29)17(39-40(31,32)33)11(26)7(3-22)36-20)13(28)19(34-5)37-15-8(4-23)35-18(30)9(12(15)27)21-6(2)24/h5,7-20,22-23,25-30H,3-4H2,1-2H3,(H,21,24)(H,31,32,33)/t5-,7-,8-,9-,10+,11+,12-,13-,14-,15-,16+,17+,18-,19+,20-/m1/s1. The second-order valence-corrected chi connectivity index (χ2v) is 10.6. The summed E-state index contributed by atoms with van der Waals surface area (Å²) in [6, 6.07) is -1.41. The van der Waals surface area contributed by atoms with Crippen LogP contribution in [0.1, 0.15) is 13.8 Å². The quantitative estimate of drug-likeness (QED) is 0.109. The van der Waals surface area contributed by atoms with E-state index in [9.17, 15) is 54.1 Å². The van der Waals surface area contributed by atoms with Crippen LogP contribution in [0.25, 0.3) is 0 Å². The molecule has 3 fully saturated rings. The van der Waals surface area contributed by atoms with Crippen LogP contribution in [0.3, 0.4) is 0 Å². The van der Waals surface area contributed by atoms with E-state index in [0.717, 1.165) is 6.92 Å². The summed E-state index contributed by atoms with van der Waals surface area (Å²) in [6.07, 6.45) is -24.3. The fraction of sp³-hybridized carbons (Fsp3) is 0.950. The topological polar surface area (TPSA) is 301 Å². The highest BCUT2D eigenvalue weighted by atomic mass is 32.3. The third kappa shape index (κ3) is 7.42. The minimum absolute atomic E-state index is 0.638. The molecule has 0 aromatic carbocycles. The molecule has 3 heterocycles. The van der Waals surface area contributed by atoms with E-state index < -0.39 is 122 Å². The van der Waals surface area contributed by atoms with Crippen LogP contribution in [0, 0.1) is 0 Å². The van der Waals surface area contributed by atoms with E-state index in [1.54, 1.807) is 0 Å². The Hall–Kier alpha value is -1.18. The fourth-order valence-electron chi connectivity index (χ4n) is 4.64. The molecule has 3 saturated heterocycles. The summed E-state index contributed by atoms with van der Waals surface area (Å²) >= 11 is 0. The lowest BCUT2D eigenvalue weighted by atomic mass is 9.95. The summed E-state index contributed by atoms with van der Waals surface area (Å²) in [6.45, 7) is 0.728. The number of hydrogen-bond donors (Lipinski definition) is 10. The Labute approximate surface area is 227 Å². The molecule has 0 bridgehead atoms. The van der Waals surface area contributed by atoms with E-state index in [0.29, 0.717) is 0 Å². The lowest BCUT2D eigenvalue weighted by Gasteiger charge is -2.48. The van der Waals surface area contributed by atoms with Crippen molar-refractivity contribution in [2.75, 3.05) is 13.2 Å². The maximum Gasteiger partial charge on any atom is 0.397 e. The Kier molecular flexibility index (Phi) is 11.2. The van der Waals surface area contributed by atoms with Gasteiger partial charge in [-0.2, -0.15) is 8.42 Å². The summed E-state index contributed by atoms with van der Waals surface area (Å²) < 4.78 is 62.8. The van der Waals surface area contributed by atoms with Crippen LogP contribution in [-0.4, -0.2) is 165 Å². The number of aliphatic hydroxyl groups is 8. The van der Waals surface area contributed by atoms with Gasteiger partial charge in [-0.3, -0.25) is 9.35 Å². The number of hydrogen-bond acceptors (Lipinski definition) is 17. The van der Waals surface area contributed by atoms with Gasteiger partial charge in [-0.25, -0.2) is 4.18 Å². The Bertz CT molecular complexity index is 956. The van der Waals surface area contributed by atoms with Gasteiger partial charge < -0.3 is 69.9 Å². The summed E-state index contributed by atoms with van der Waals surface area (Å²) in [5.41, 5.74) is 0. The first-order valence-electron chi connectivity index (χ1n) is 12.1.